The summed E-state index contributed by atoms with van der Waals surface area (Å²) < 4.78 is 10.7. The molecule has 2 N–H and O–H groups in total. The molecule has 2 rings (SSSR count). The quantitative estimate of drug-likeness (QED) is 0.802. The van der Waals surface area contributed by atoms with Crippen LogP contribution in [-0.4, -0.2) is 44.2 Å². The first-order valence-corrected chi connectivity index (χ1v) is 6.94. The van der Waals surface area contributed by atoms with Crippen LogP contribution in [0.4, 0.5) is 5.69 Å². The molecule has 1 amide bonds. The number of hydrogen-bond acceptors (Lipinski definition) is 4. The zero-order valence-corrected chi connectivity index (χ0v) is 11.9. The summed E-state index contributed by atoms with van der Waals surface area (Å²) in [6.45, 7) is 2.73. The van der Waals surface area contributed by atoms with E-state index < -0.39 is 0 Å². The minimum atomic E-state index is 0.146. The van der Waals surface area contributed by atoms with Crippen LogP contribution in [0.3, 0.4) is 0 Å². The molecule has 1 unspecified atom stereocenters. The van der Waals surface area contributed by atoms with Crippen LogP contribution in [0.15, 0.2) is 24.3 Å². The number of carbonyl (C=O) groups excluding carboxylic acids is 1. The van der Waals surface area contributed by atoms with E-state index in [1.807, 2.05) is 17.0 Å². The smallest absolute Gasteiger partial charge is 0.226 e. The summed E-state index contributed by atoms with van der Waals surface area (Å²) in [5.41, 5.74) is 6.33. The SMILES string of the molecule is COCC1CCN(C(=O)CCOc2cccc(N)c2)C1. The fourth-order valence-corrected chi connectivity index (χ4v) is 2.45. The Labute approximate surface area is 119 Å². The molecule has 1 fully saturated rings. The number of anilines is 1. The van der Waals surface area contributed by atoms with Gasteiger partial charge in [-0.3, -0.25) is 4.79 Å². The molecule has 0 radical (unpaired) electrons. The molecular weight excluding hydrogens is 256 g/mol. The van der Waals surface area contributed by atoms with E-state index in [9.17, 15) is 4.79 Å². The van der Waals surface area contributed by atoms with Crippen LogP contribution in [-0.2, 0) is 9.53 Å². The Morgan fingerprint density at radius 1 is 1.50 bits per heavy atom. The Hall–Kier alpha value is -1.75. The van der Waals surface area contributed by atoms with E-state index in [2.05, 4.69) is 0 Å². The van der Waals surface area contributed by atoms with Gasteiger partial charge < -0.3 is 20.1 Å². The molecule has 110 valence electrons. The van der Waals surface area contributed by atoms with E-state index in [1.165, 1.54) is 0 Å². The molecule has 1 heterocycles. The van der Waals surface area contributed by atoms with Crippen molar-refractivity contribution in [2.45, 2.75) is 12.8 Å². The number of benzene rings is 1. The number of likely N-dealkylation sites (tertiary alicyclic amines) is 1. The number of carbonyl (C=O) groups is 1. The predicted octanol–water partition coefficient (Wildman–Crippen LogP) is 1.53. The van der Waals surface area contributed by atoms with Gasteiger partial charge in [0, 0.05) is 37.9 Å². The summed E-state index contributed by atoms with van der Waals surface area (Å²) in [6.07, 6.45) is 1.42. The number of nitrogens with zero attached hydrogens (tertiary/aromatic N) is 1. The molecule has 0 bridgehead atoms. The molecular formula is C15H22N2O3. The molecule has 1 aliphatic heterocycles. The lowest BCUT2D eigenvalue weighted by molar-refractivity contribution is -0.130. The summed E-state index contributed by atoms with van der Waals surface area (Å²) in [6, 6.07) is 7.24. The van der Waals surface area contributed by atoms with Crippen LogP contribution in [0.5, 0.6) is 5.75 Å². The first kappa shape index (κ1) is 14.7. The van der Waals surface area contributed by atoms with Crippen LogP contribution in [0.25, 0.3) is 0 Å². The maximum atomic E-state index is 12.0. The maximum Gasteiger partial charge on any atom is 0.226 e. The third-order valence-corrected chi connectivity index (χ3v) is 3.48. The van der Waals surface area contributed by atoms with Gasteiger partial charge in [0.1, 0.15) is 5.75 Å². The van der Waals surface area contributed by atoms with Gasteiger partial charge in [-0.1, -0.05) is 6.07 Å². The number of hydrogen-bond donors (Lipinski definition) is 1. The molecule has 1 aromatic carbocycles. The highest BCUT2D eigenvalue weighted by Crippen LogP contribution is 2.18. The second-order valence-electron chi connectivity index (χ2n) is 5.12. The minimum absolute atomic E-state index is 0.146. The van der Waals surface area contributed by atoms with E-state index in [-0.39, 0.29) is 5.91 Å². The van der Waals surface area contributed by atoms with Crippen molar-refractivity contribution in [1.29, 1.82) is 0 Å². The van der Waals surface area contributed by atoms with Crippen LogP contribution in [0.2, 0.25) is 0 Å². The molecule has 1 saturated heterocycles. The molecule has 5 nitrogen and oxygen atoms in total. The van der Waals surface area contributed by atoms with E-state index in [1.54, 1.807) is 19.2 Å². The third kappa shape index (κ3) is 4.13. The highest BCUT2D eigenvalue weighted by atomic mass is 16.5. The maximum absolute atomic E-state index is 12.0. The van der Waals surface area contributed by atoms with Crippen molar-refractivity contribution in [3.8, 4) is 5.75 Å². The molecule has 0 saturated carbocycles. The fourth-order valence-electron chi connectivity index (χ4n) is 2.45. The van der Waals surface area contributed by atoms with Crippen molar-refractivity contribution >= 4 is 11.6 Å². The standard InChI is InChI=1S/C15H22N2O3/c1-19-11-12-5-7-17(10-12)15(18)6-8-20-14-4-2-3-13(16)9-14/h2-4,9,12H,5-8,10-11,16H2,1H3. The van der Waals surface area contributed by atoms with Crippen molar-refractivity contribution in [2.75, 3.05) is 39.1 Å². The average Bonchev–Trinajstić information content (AvgIpc) is 2.88. The lowest BCUT2D eigenvalue weighted by atomic mass is 10.1. The van der Waals surface area contributed by atoms with E-state index in [0.29, 0.717) is 30.4 Å². The first-order valence-electron chi connectivity index (χ1n) is 6.94. The fraction of sp³-hybridized carbons (Fsp3) is 0.533. The second-order valence-corrected chi connectivity index (χ2v) is 5.12. The van der Waals surface area contributed by atoms with Gasteiger partial charge in [-0.2, -0.15) is 0 Å². The van der Waals surface area contributed by atoms with E-state index in [4.69, 9.17) is 15.2 Å². The van der Waals surface area contributed by atoms with Crippen molar-refractivity contribution in [3.05, 3.63) is 24.3 Å². The van der Waals surface area contributed by atoms with Crippen LogP contribution < -0.4 is 10.5 Å². The second kappa shape index (κ2) is 7.14. The van der Waals surface area contributed by atoms with Gasteiger partial charge in [0.15, 0.2) is 0 Å². The lowest BCUT2D eigenvalue weighted by Crippen LogP contribution is -2.30. The zero-order valence-electron chi connectivity index (χ0n) is 11.9. The largest absolute Gasteiger partial charge is 0.493 e. The molecule has 5 heteroatoms. The van der Waals surface area contributed by atoms with Crippen molar-refractivity contribution < 1.29 is 14.3 Å². The Balaban J connectivity index is 1.70. The number of ether oxygens (including phenoxy) is 2. The van der Waals surface area contributed by atoms with Gasteiger partial charge in [-0.05, 0) is 18.6 Å². The van der Waals surface area contributed by atoms with Crippen molar-refractivity contribution in [1.82, 2.24) is 4.90 Å². The third-order valence-electron chi connectivity index (χ3n) is 3.48. The van der Waals surface area contributed by atoms with E-state index >= 15 is 0 Å². The van der Waals surface area contributed by atoms with Gasteiger partial charge >= 0.3 is 0 Å². The number of nitrogen functional groups attached to an aromatic ring is 1. The minimum Gasteiger partial charge on any atom is -0.493 e. The zero-order chi connectivity index (χ0) is 14.4. The summed E-state index contributed by atoms with van der Waals surface area (Å²) in [4.78, 5) is 13.9. The lowest BCUT2D eigenvalue weighted by Gasteiger charge is -2.16. The monoisotopic (exact) mass is 278 g/mol. The molecule has 0 aliphatic carbocycles. The average molecular weight is 278 g/mol. The summed E-state index contributed by atoms with van der Waals surface area (Å²) in [5, 5.41) is 0. The van der Waals surface area contributed by atoms with E-state index in [0.717, 1.165) is 26.1 Å². The number of nitrogens with two attached hydrogens (primary N) is 1. The first-order chi connectivity index (χ1) is 9.69. The molecule has 1 aliphatic rings. The Kier molecular flexibility index (Phi) is 5.24. The number of amides is 1. The van der Waals surface area contributed by atoms with Crippen LogP contribution in [0.1, 0.15) is 12.8 Å². The highest BCUT2D eigenvalue weighted by molar-refractivity contribution is 5.76. The summed E-state index contributed by atoms with van der Waals surface area (Å²) >= 11 is 0. The van der Waals surface area contributed by atoms with Crippen LogP contribution in [0, 0.1) is 5.92 Å². The molecule has 20 heavy (non-hydrogen) atoms. The van der Waals surface area contributed by atoms with Gasteiger partial charge in [-0.15, -0.1) is 0 Å². The van der Waals surface area contributed by atoms with Crippen molar-refractivity contribution in [2.24, 2.45) is 5.92 Å². The van der Waals surface area contributed by atoms with Crippen LogP contribution >= 0.6 is 0 Å². The normalized spacial score (nSPS) is 18.2. The summed E-state index contributed by atoms with van der Waals surface area (Å²) in [5.74, 6) is 1.32. The molecule has 0 spiro atoms. The summed E-state index contributed by atoms with van der Waals surface area (Å²) in [7, 11) is 1.70. The number of rotatable bonds is 6. The van der Waals surface area contributed by atoms with Gasteiger partial charge in [0.25, 0.3) is 0 Å². The van der Waals surface area contributed by atoms with Crippen molar-refractivity contribution in [3.63, 3.8) is 0 Å². The Bertz CT molecular complexity index is 450. The van der Waals surface area contributed by atoms with Gasteiger partial charge in [0.2, 0.25) is 5.91 Å². The molecule has 1 aromatic rings. The molecule has 0 aromatic heterocycles. The van der Waals surface area contributed by atoms with Gasteiger partial charge in [0.05, 0.1) is 19.6 Å². The highest BCUT2D eigenvalue weighted by Gasteiger charge is 2.25. The molecule has 1 atom stereocenters. The topological polar surface area (TPSA) is 64.8 Å². The number of methoxy groups -OCH3 is 1. The van der Waals surface area contributed by atoms with Gasteiger partial charge in [-0.25, -0.2) is 0 Å². The Morgan fingerprint density at radius 3 is 3.10 bits per heavy atom. The Morgan fingerprint density at radius 2 is 2.35 bits per heavy atom. The predicted molar refractivity (Wildman–Crippen MR) is 77.5 cm³/mol.